The number of nitrogens with zero attached hydrogens (tertiary/aromatic N) is 1. The number of alkyl halides is 2. The molecule has 2 aromatic rings. The van der Waals surface area contributed by atoms with Gasteiger partial charge in [-0.1, -0.05) is 0 Å². The Bertz CT molecular complexity index is 969. The fourth-order valence-electron chi connectivity index (χ4n) is 3.97. The minimum absolute atomic E-state index is 0.00402. The number of ether oxygens (including phenoxy) is 1. The maximum absolute atomic E-state index is 13.7. The van der Waals surface area contributed by atoms with Crippen LogP contribution in [-0.4, -0.2) is 53.5 Å². The van der Waals surface area contributed by atoms with Gasteiger partial charge in [0.15, 0.2) is 0 Å². The van der Waals surface area contributed by atoms with Crippen molar-refractivity contribution in [3.63, 3.8) is 0 Å². The first kappa shape index (κ1) is 20.1. The molecule has 9 heteroatoms. The second-order valence-electron chi connectivity index (χ2n) is 7.53. The third kappa shape index (κ3) is 3.56. The van der Waals surface area contributed by atoms with Crippen molar-refractivity contribution in [3.05, 3.63) is 60.1 Å². The molecule has 1 aromatic heterocycles. The summed E-state index contributed by atoms with van der Waals surface area (Å²) in [4.78, 5) is 40.5. The topological polar surface area (TPSA) is 88.9 Å². The molecular weight excluding hydrogens is 519 g/mol. The number of fused-ring (bicyclic) bond motifs is 1. The van der Waals surface area contributed by atoms with E-state index in [9.17, 15) is 14.4 Å². The van der Waals surface area contributed by atoms with E-state index in [0.29, 0.717) is 18.5 Å². The molecule has 0 spiro atoms. The van der Waals surface area contributed by atoms with E-state index in [0.717, 1.165) is 10.2 Å². The minimum atomic E-state index is -3.35. The van der Waals surface area contributed by atoms with Crippen molar-refractivity contribution in [1.29, 1.82) is 0 Å². The molecule has 7 nitrogen and oxygen atoms in total. The summed E-state index contributed by atoms with van der Waals surface area (Å²) >= 11 is -1.61. The van der Waals surface area contributed by atoms with Crippen molar-refractivity contribution in [2.24, 2.45) is 0 Å². The molecular formula is C21H22IN2O5S-. The summed E-state index contributed by atoms with van der Waals surface area (Å²) in [5.74, 6) is 0.498. The first-order chi connectivity index (χ1) is 14.6. The number of benzene rings is 1. The molecule has 3 saturated heterocycles. The maximum atomic E-state index is 13.7. The number of halogens is 1. The monoisotopic (exact) mass is 541 g/mol. The Morgan fingerprint density at radius 1 is 1.23 bits per heavy atom. The van der Waals surface area contributed by atoms with Crippen LogP contribution in [0.15, 0.2) is 53.3 Å². The molecule has 0 aliphatic carbocycles. The number of hydrogen-bond acceptors (Lipinski definition) is 6. The van der Waals surface area contributed by atoms with Crippen LogP contribution in [0.3, 0.4) is 0 Å². The molecule has 3 aliphatic heterocycles. The summed E-state index contributed by atoms with van der Waals surface area (Å²) in [5, 5.41) is 0. The van der Waals surface area contributed by atoms with Crippen molar-refractivity contribution in [2.45, 2.75) is 27.6 Å². The van der Waals surface area contributed by atoms with E-state index in [4.69, 9.17) is 9.15 Å². The van der Waals surface area contributed by atoms with Crippen molar-refractivity contribution in [2.75, 3.05) is 17.6 Å². The van der Waals surface area contributed by atoms with Gasteiger partial charge in [-0.05, 0) is 0 Å². The van der Waals surface area contributed by atoms with Gasteiger partial charge in [-0.3, -0.25) is 0 Å². The van der Waals surface area contributed by atoms with Crippen LogP contribution in [-0.2, 0) is 15.3 Å². The van der Waals surface area contributed by atoms with Crippen LogP contribution < -0.4 is 22.2 Å². The number of nitrogens with one attached hydrogen (secondary N) is 1. The number of carbonyl (C=O) groups excluding carboxylic acids is 3. The van der Waals surface area contributed by atoms with Crippen LogP contribution in [0.2, 0.25) is 0 Å². The Kier molecular flexibility index (Phi) is 5.36. The number of thioether (sulfide) groups is 1. The summed E-state index contributed by atoms with van der Waals surface area (Å²) in [5.41, 5.74) is 1.61. The molecule has 0 bridgehead atoms. The summed E-state index contributed by atoms with van der Waals surface area (Å²) in [6, 6.07) is 11.2. The van der Waals surface area contributed by atoms with E-state index in [1.165, 1.54) is 18.1 Å². The third-order valence-electron chi connectivity index (χ3n) is 5.62. The number of rotatable bonds is 6. The van der Waals surface area contributed by atoms with E-state index >= 15 is 0 Å². The van der Waals surface area contributed by atoms with Gasteiger partial charge in [0.25, 0.3) is 0 Å². The van der Waals surface area contributed by atoms with Crippen molar-refractivity contribution < 1.29 is 42.2 Å². The molecule has 0 radical (unpaired) electrons. The van der Waals surface area contributed by atoms with Gasteiger partial charge < -0.3 is 0 Å². The second-order valence-corrected chi connectivity index (χ2v) is 17.6. The Morgan fingerprint density at radius 2 is 2.07 bits per heavy atom. The van der Waals surface area contributed by atoms with Gasteiger partial charge in [0, 0.05) is 0 Å². The predicted octanol–water partition coefficient (Wildman–Crippen LogP) is -0.480. The van der Waals surface area contributed by atoms with Gasteiger partial charge in [0.1, 0.15) is 0 Å². The Labute approximate surface area is 182 Å². The number of likely N-dealkylation sites (tertiary alicyclic amines) is 1. The molecule has 4 heterocycles. The second kappa shape index (κ2) is 8.01. The van der Waals surface area contributed by atoms with Crippen LogP contribution in [0.5, 0.6) is 0 Å². The molecule has 1 N–H and O–H groups in total. The number of furan rings is 1. The molecule has 30 heavy (non-hydrogen) atoms. The number of hydrogen-bond donors (Lipinski definition) is 1. The van der Waals surface area contributed by atoms with E-state index in [2.05, 4.69) is 15.7 Å². The zero-order valence-corrected chi connectivity index (χ0v) is 19.1. The normalized spacial score (nSPS) is 31.8. The Morgan fingerprint density at radius 3 is 2.83 bits per heavy atom. The van der Waals surface area contributed by atoms with Crippen molar-refractivity contribution in [3.8, 4) is 0 Å². The summed E-state index contributed by atoms with van der Waals surface area (Å²) in [6.45, 7) is 0.592. The predicted molar refractivity (Wildman–Crippen MR) is 108 cm³/mol. The number of ketones is 1. The van der Waals surface area contributed by atoms with Crippen molar-refractivity contribution >= 4 is 27.4 Å². The van der Waals surface area contributed by atoms with Gasteiger partial charge in [-0.15, -0.1) is 0 Å². The van der Waals surface area contributed by atoms with Crippen LogP contribution in [0.25, 0.3) is 0 Å². The summed E-state index contributed by atoms with van der Waals surface area (Å²) in [6.07, 6.45) is 3.32. The molecule has 1 aromatic carbocycles. The SMILES string of the molecule is O=C(N[I-]1(C(=O)N2CC[C@H]3OCC(=O)[C@H]32)C[C@H]1SCc1ccccc1)c1ccoc1. The molecule has 4 atom stereocenters. The van der Waals surface area contributed by atoms with E-state index in [1.807, 2.05) is 18.2 Å². The zero-order valence-electron chi connectivity index (χ0n) is 16.2. The van der Waals surface area contributed by atoms with Gasteiger partial charge in [0.05, 0.1) is 0 Å². The molecule has 160 valence electrons. The van der Waals surface area contributed by atoms with Crippen molar-refractivity contribution in [1.82, 2.24) is 8.43 Å². The Hall–Kier alpha value is -1.85. The number of amides is 2. The standard InChI is InChI=1S/C21H22IN2O5S/c25-16-12-29-17-6-8-24(19(16)17)21(27)22(23-20(26)15-7-9-28-11-15)10-18(22)30-13-14-4-2-1-3-5-14/h1-5,7,9,11,17-19H,6,8,10,12-13H2,(H,23,26)/q-1/t17-,18-,19-/m1/s1. The molecule has 2 amide bonds. The van der Waals surface area contributed by atoms with Crippen LogP contribution in [0, 0.1) is 0 Å². The first-order valence-electron chi connectivity index (χ1n) is 9.76. The van der Waals surface area contributed by atoms with E-state index < -0.39 is 24.7 Å². The quantitative estimate of drug-likeness (QED) is 0.175. The fourth-order valence-corrected chi connectivity index (χ4v) is 17.9. The number of carbonyl (C=O) groups is 3. The summed E-state index contributed by atoms with van der Waals surface area (Å²) in [7, 11) is 0. The molecule has 0 saturated carbocycles. The van der Waals surface area contributed by atoms with Crippen LogP contribution >= 0.6 is 11.8 Å². The Balaban J connectivity index is 1.36. The van der Waals surface area contributed by atoms with Gasteiger partial charge in [-0.2, -0.15) is 0 Å². The molecule has 3 aliphatic rings. The average molecular weight is 541 g/mol. The average Bonchev–Trinajstić information content (AvgIpc) is 3.19. The molecule has 3 fully saturated rings. The van der Waals surface area contributed by atoms with E-state index in [-0.39, 0.29) is 31.6 Å². The zero-order chi connectivity index (χ0) is 20.7. The molecule has 1 unspecified atom stereocenters. The fraction of sp³-hybridized carbons (Fsp3) is 0.381. The van der Waals surface area contributed by atoms with Crippen LogP contribution in [0.4, 0.5) is 4.79 Å². The van der Waals surface area contributed by atoms with Crippen LogP contribution in [0.1, 0.15) is 22.3 Å². The molecule has 5 rings (SSSR count). The number of Topliss-reactive ketones (excluding diaryl/α,β-unsaturated/α-hetero) is 1. The van der Waals surface area contributed by atoms with Gasteiger partial charge in [0.2, 0.25) is 0 Å². The summed E-state index contributed by atoms with van der Waals surface area (Å²) < 4.78 is 14.6. The third-order valence-corrected chi connectivity index (χ3v) is 18.0. The first-order valence-corrected chi connectivity index (χ1v) is 15.7. The van der Waals surface area contributed by atoms with Gasteiger partial charge >= 0.3 is 183 Å². The van der Waals surface area contributed by atoms with E-state index in [1.54, 1.807) is 22.7 Å². The van der Waals surface area contributed by atoms with Gasteiger partial charge in [-0.25, -0.2) is 0 Å².